The van der Waals surface area contributed by atoms with Crippen LogP contribution in [0.25, 0.3) is 0 Å². The minimum Gasteiger partial charge on any atom is -0.488 e. The second kappa shape index (κ2) is 6.89. The van der Waals surface area contributed by atoms with Crippen LogP contribution in [0.2, 0.25) is 0 Å². The third kappa shape index (κ3) is 4.43. The number of aryl methyl sites for hydroxylation is 1. The van der Waals surface area contributed by atoms with Crippen LogP contribution in [0.5, 0.6) is 5.75 Å². The zero-order chi connectivity index (χ0) is 12.7. The van der Waals surface area contributed by atoms with Crippen molar-refractivity contribution in [2.45, 2.75) is 39.7 Å². The molecule has 0 aromatic carbocycles. The largest absolute Gasteiger partial charge is 0.488 e. The van der Waals surface area contributed by atoms with E-state index in [1.165, 1.54) is 11.5 Å². The molecule has 0 saturated heterocycles. The van der Waals surface area contributed by atoms with Crippen LogP contribution in [0.1, 0.15) is 33.1 Å². The van der Waals surface area contributed by atoms with E-state index in [1.54, 1.807) is 18.3 Å². The number of aromatic nitrogens is 1. The predicted molar refractivity (Wildman–Crippen MR) is 66.4 cm³/mol. The molecule has 4 nitrogen and oxygen atoms in total. The van der Waals surface area contributed by atoms with Gasteiger partial charge in [0.1, 0.15) is 5.78 Å². The highest BCUT2D eigenvalue weighted by atomic mass is 16.5. The van der Waals surface area contributed by atoms with Gasteiger partial charge in [-0.2, -0.15) is 0 Å². The SMILES string of the molecule is CCCCOc1cccn(CCC(C)=O)c1=O. The van der Waals surface area contributed by atoms with Crippen LogP contribution in [-0.4, -0.2) is 17.0 Å². The van der Waals surface area contributed by atoms with Gasteiger partial charge in [-0.15, -0.1) is 0 Å². The minimum atomic E-state index is -0.162. The Morgan fingerprint density at radius 3 is 2.88 bits per heavy atom. The van der Waals surface area contributed by atoms with Crippen molar-refractivity contribution in [1.29, 1.82) is 0 Å². The second-order valence-electron chi connectivity index (χ2n) is 4.03. The number of rotatable bonds is 7. The Morgan fingerprint density at radius 2 is 2.24 bits per heavy atom. The number of carbonyl (C=O) groups is 1. The van der Waals surface area contributed by atoms with Gasteiger partial charge < -0.3 is 9.30 Å². The summed E-state index contributed by atoms with van der Waals surface area (Å²) in [6.45, 7) is 4.56. The van der Waals surface area contributed by atoms with Crippen molar-refractivity contribution < 1.29 is 9.53 Å². The highest BCUT2D eigenvalue weighted by molar-refractivity contribution is 5.75. The Morgan fingerprint density at radius 1 is 1.47 bits per heavy atom. The smallest absolute Gasteiger partial charge is 0.292 e. The van der Waals surface area contributed by atoms with Gasteiger partial charge in [-0.25, -0.2) is 0 Å². The van der Waals surface area contributed by atoms with Crippen LogP contribution < -0.4 is 10.3 Å². The van der Waals surface area contributed by atoms with E-state index < -0.39 is 0 Å². The molecule has 0 saturated carbocycles. The van der Waals surface area contributed by atoms with Gasteiger partial charge in [0.15, 0.2) is 5.75 Å². The number of carbonyl (C=O) groups excluding carboxylic acids is 1. The molecule has 0 bridgehead atoms. The van der Waals surface area contributed by atoms with Crippen molar-refractivity contribution in [3.63, 3.8) is 0 Å². The Hall–Kier alpha value is -1.58. The summed E-state index contributed by atoms with van der Waals surface area (Å²) < 4.78 is 6.92. The van der Waals surface area contributed by atoms with Crippen molar-refractivity contribution in [2.75, 3.05) is 6.61 Å². The molecule has 0 aliphatic carbocycles. The number of hydrogen-bond donors (Lipinski definition) is 0. The van der Waals surface area contributed by atoms with E-state index in [1.807, 2.05) is 0 Å². The molecule has 0 aliphatic rings. The molecule has 94 valence electrons. The average Bonchev–Trinajstić information content (AvgIpc) is 2.30. The number of unbranched alkanes of at least 4 members (excludes halogenated alkanes) is 1. The van der Waals surface area contributed by atoms with Gasteiger partial charge >= 0.3 is 0 Å². The van der Waals surface area contributed by atoms with Gasteiger partial charge in [0.2, 0.25) is 0 Å². The molecule has 0 amide bonds. The van der Waals surface area contributed by atoms with Gasteiger partial charge in [0, 0.05) is 19.2 Å². The van der Waals surface area contributed by atoms with E-state index in [-0.39, 0.29) is 11.3 Å². The second-order valence-corrected chi connectivity index (χ2v) is 4.03. The number of Topliss-reactive ketones (excluding diaryl/α,β-unsaturated/α-hetero) is 1. The Bertz CT molecular complexity index is 423. The molecule has 0 unspecified atom stereocenters. The zero-order valence-electron chi connectivity index (χ0n) is 10.4. The molecule has 0 fully saturated rings. The molecule has 0 atom stereocenters. The predicted octanol–water partition coefficient (Wildman–Crippen LogP) is 2.01. The highest BCUT2D eigenvalue weighted by Gasteiger charge is 2.04. The van der Waals surface area contributed by atoms with Gasteiger partial charge in [-0.3, -0.25) is 9.59 Å². The summed E-state index contributed by atoms with van der Waals surface area (Å²) in [4.78, 5) is 22.8. The van der Waals surface area contributed by atoms with Crippen LogP contribution in [0.15, 0.2) is 23.1 Å². The van der Waals surface area contributed by atoms with Crippen molar-refractivity contribution in [3.8, 4) is 5.75 Å². The maximum atomic E-state index is 11.9. The van der Waals surface area contributed by atoms with Gasteiger partial charge in [-0.05, 0) is 25.5 Å². The topological polar surface area (TPSA) is 48.3 Å². The van der Waals surface area contributed by atoms with E-state index in [2.05, 4.69) is 6.92 Å². The molecule has 1 heterocycles. The molecular weight excluding hydrogens is 218 g/mol. The molecule has 1 aromatic heterocycles. The number of ether oxygens (including phenoxy) is 1. The van der Waals surface area contributed by atoms with Crippen molar-refractivity contribution in [2.24, 2.45) is 0 Å². The quantitative estimate of drug-likeness (QED) is 0.681. The maximum absolute atomic E-state index is 11.9. The molecular formula is C13H19NO3. The molecule has 1 aromatic rings. The van der Waals surface area contributed by atoms with Crippen molar-refractivity contribution in [3.05, 3.63) is 28.7 Å². The number of pyridine rings is 1. The van der Waals surface area contributed by atoms with E-state index in [0.29, 0.717) is 25.3 Å². The van der Waals surface area contributed by atoms with E-state index >= 15 is 0 Å². The molecule has 4 heteroatoms. The fourth-order valence-electron chi connectivity index (χ4n) is 1.41. The summed E-state index contributed by atoms with van der Waals surface area (Å²) in [5.74, 6) is 0.443. The summed E-state index contributed by atoms with van der Waals surface area (Å²) in [5, 5.41) is 0. The fraction of sp³-hybridized carbons (Fsp3) is 0.538. The molecule has 17 heavy (non-hydrogen) atoms. The molecule has 0 radical (unpaired) electrons. The van der Waals surface area contributed by atoms with E-state index in [0.717, 1.165) is 12.8 Å². The normalized spacial score (nSPS) is 10.2. The zero-order valence-corrected chi connectivity index (χ0v) is 10.4. The molecule has 0 aliphatic heterocycles. The lowest BCUT2D eigenvalue weighted by Gasteiger charge is -2.08. The van der Waals surface area contributed by atoms with Gasteiger partial charge in [0.05, 0.1) is 6.61 Å². The first-order valence-corrected chi connectivity index (χ1v) is 5.97. The standard InChI is InChI=1S/C13H19NO3/c1-3-4-10-17-12-6-5-8-14(13(12)16)9-7-11(2)15/h5-6,8H,3-4,7,9-10H2,1-2H3. The number of ketones is 1. The first kappa shape index (κ1) is 13.5. The van der Waals surface area contributed by atoms with Crippen LogP contribution in [0, 0.1) is 0 Å². The highest BCUT2D eigenvalue weighted by Crippen LogP contribution is 2.03. The van der Waals surface area contributed by atoms with Crippen molar-refractivity contribution in [1.82, 2.24) is 4.57 Å². The number of hydrogen-bond acceptors (Lipinski definition) is 3. The third-order valence-electron chi connectivity index (χ3n) is 2.45. The van der Waals surface area contributed by atoms with Crippen LogP contribution in [0.3, 0.4) is 0 Å². The summed E-state index contributed by atoms with van der Waals surface area (Å²) >= 11 is 0. The monoisotopic (exact) mass is 237 g/mol. The first-order valence-electron chi connectivity index (χ1n) is 5.97. The Kier molecular flexibility index (Phi) is 5.46. The molecule has 0 N–H and O–H groups in total. The van der Waals surface area contributed by atoms with Crippen molar-refractivity contribution >= 4 is 5.78 Å². The molecule has 1 rings (SSSR count). The van der Waals surface area contributed by atoms with E-state index in [4.69, 9.17) is 4.74 Å². The first-order chi connectivity index (χ1) is 8.15. The summed E-state index contributed by atoms with van der Waals surface area (Å²) in [7, 11) is 0. The summed E-state index contributed by atoms with van der Waals surface area (Å²) in [5.41, 5.74) is -0.162. The van der Waals surface area contributed by atoms with Crippen LogP contribution in [-0.2, 0) is 11.3 Å². The number of nitrogens with zero attached hydrogens (tertiary/aromatic N) is 1. The van der Waals surface area contributed by atoms with Crippen LogP contribution in [0.4, 0.5) is 0 Å². The van der Waals surface area contributed by atoms with Gasteiger partial charge in [0.25, 0.3) is 5.56 Å². The lowest BCUT2D eigenvalue weighted by molar-refractivity contribution is -0.117. The Balaban J connectivity index is 2.69. The average molecular weight is 237 g/mol. The van der Waals surface area contributed by atoms with E-state index in [9.17, 15) is 9.59 Å². The van der Waals surface area contributed by atoms with Gasteiger partial charge in [-0.1, -0.05) is 13.3 Å². The molecule has 0 spiro atoms. The summed E-state index contributed by atoms with van der Waals surface area (Å²) in [6, 6.07) is 3.44. The lowest BCUT2D eigenvalue weighted by Crippen LogP contribution is -2.22. The maximum Gasteiger partial charge on any atom is 0.292 e. The lowest BCUT2D eigenvalue weighted by atomic mass is 10.3. The van der Waals surface area contributed by atoms with Crippen LogP contribution >= 0.6 is 0 Å². The Labute approximate surface area is 101 Å². The summed E-state index contributed by atoms with van der Waals surface area (Å²) in [6.07, 6.45) is 4.02. The minimum absolute atomic E-state index is 0.0780. The fourth-order valence-corrected chi connectivity index (χ4v) is 1.41. The third-order valence-corrected chi connectivity index (χ3v) is 2.45.